The molecular weight excluding hydrogens is 242 g/mol. The summed E-state index contributed by atoms with van der Waals surface area (Å²) in [5.41, 5.74) is 3.74. The number of amides is 1. The molecule has 0 fully saturated rings. The molecule has 2 heterocycles. The number of carbonyl (C=O) groups excluding carboxylic acids is 1. The van der Waals surface area contributed by atoms with Crippen molar-refractivity contribution in [3.8, 4) is 11.5 Å². The third kappa shape index (κ3) is 2.18. The summed E-state index contributed by atoms with van der Waals surface area (Å²) < 4.78 is 5.65. The molecule has 0 bridgehead atoms. The minimum absolute atomic E-state index is 0.492. The zero-order valence-corrected chi connectivity index (χ0v) is 10.3. The van der Waals surface area contributed by atoms with Crippen molar-refractivity contribution in [2.24, 2.45) is 0 Å². The van der Waals surface area contributed by atoms with Gasteiger partial charge in [0.1, 0.15) is 0 Å². The van der Waals surface area contributed by atoms with Crippen LogP contribution in [0.15, 0.2) is 40.9 Å². The van der Waals surface area contributed by atoms with Gasteiger partial charge in [0.05, 0.1) is 0 Å². The van der Waals surface area contributed by atoms with Crippen LogP contribution >= 0.6 is 0 Å². The first-order valence-corrected chi connectivity index (χ1v) is 5.80. The first-order valence-electron chi connectivity index (χ1n) is 5.80. The van der Waals surface area contributed by atoms with Gasteiger partial charge in [0.2, 0.25) is 12.3 Å². The molecule has 3 rings (SSSR count). The van der Waals surface area contributed by atoms with E-state index in [1.807, 2.05) is 31.2 Å². The number of hydrogen-bond acceptors (Lipinski definition) is 4. The lowest BCUT2D eigenvalue weighted by Gasteiger charge is -2.03. The van der Waals surface area contributed by atoms with Gasteiger partial charge in [-0.15, -0.1) is 0 Å². The molecule has 2 aromatic heterocycles. The number of anilines is 1. The van der Waals surface area contributed by atoms with E-state index in [1.165, 1.54) is 0 Å². The fourth-order valence-corrected chi connectivity index (χ4v) is 1.95. The molecule has 19 heavy (non-hydrogen) atoms. The maximum absolute atomic E-state index is 10.5. The van der Waals surface area contributed by atoms with E-state index < -0.39 is 0 Å². The van der Waals surface area contributed by atoms with Crippen LogP contribution in [0.2, 0.25) is 0 Å². The number of pyridine rings is 1. The Morgan fingerprint density at radius 2 is 2.21 bits per heavy atom. The number of aryl methyl sites for hydroxylation is 1. The van der Waals surface area contributed by atoms with Crippen molar-refractivity contribution in [3.05, 3.63) is 42.1 Å². The highest BCUT2D eigenvalue weighted by Crippen LogP contribution is 2.26. The van der Waals surface area contributed by atoms with Crippen molar-refractivity contribution in [1.29, 1.82) is 0 Å². The molecule has 0 radical (unpaired) electrons. The molecule has 5 nitrogen and oxygen atoms in total. The van der Waals surface area contributed by atoms with Crippen LogP contribution < -0.4 is 5.32 Å². The molecule has 5 heteroatoms. The minimum Gasteiger partial charge on any atom is -0.434 e. The summed E-state index contributed by atoms with van der Waals surface area (Å²) in [6.45, 7) is 1.94. The molecule has 0 spiro atoms. The Labute approximate surface area is 109 Å². The Bertz CT molecular complexity index is 716. The Balaban J connectivity index is 2.12. The predicted molar refractivity (Wildman–Crippen MR) is 71.7 cm³/mol. The summed E-state index contributed by atoms with van der Waals surface area (Å²) >= 11 is 0. The number of hydrogen-bond donors (Lipinski definition) is 1. The van der Waals surface area contributed by atoms with Crippen LogP contribution in [0, 0.1) is 6.92 Å². The van der Waals surface area contributed by atoms with Crippen LogP contribution in [0.25, 0.3) is 22.7 Å². The normalized spacial score (nSPS) is 10.6. The summed E-state index contributed by atoms with van der Waals surface area (Å²) in [6.07, 6.45) is 2.32. The highest BCUT2D eigenvalue weighted by Gasteiger charge is 2.09. The Kier molecular flexibility index (Phi) is 2.72. The average molecular weight is 253 g/mol. The highest BCUT2D eigenvalue weighted by atomic mass is 16.3. The molecule has 0 aliphatic rings. The number of fused-ring (bicyclic) bond motifs is 1. The maximum Gasteiger partial charge on any atom is 0.228 e. The van der Waals surface area contributed by atoms with E-state index in [-0.39, 0.29) is 0 Å². The van der Waals surface area contributed by atoms with Crippen molar-refractivity contribution in [2.75, 3.05) is 5.32 Å². The Morgan fingerprint density at radius 3 is 3.00 bits per heavy atom. The van der Waals surface area contributed by atoms with Gasteiger partial charge in [-0.05, 0) is 42.8 Å². The molecule has 0 aliphatic carbocycles. The average Bonchev–Trinajstić information content (AvgIpc) is 2.82. The van der Waals surface area contributed by atoms with Gasteiger partial charge >= 0.3 is 0 Å². The van der Waals surface area contributed by atoms with E-state index in [0.29, 0.717) is 29.2 Å². The lowest BCUT2D eigenvalue weighted by atomic mass is 10.1. The number of aromatic nitrogens is 2. The summed E-state index contributed by atoms with van der Waals surface area (Å²) in [7, 11) is 0. The third-order valence-corrected chi connectivity index (χ3v) is 2.71. The Morgan fingerprint density at radius 1 is 1.32 bits per heavy atom. The van der Waals surface area contributed by atoms with Gasteiger partial charge in [0.25, 0.3) is 0 Å². The minimum atomic E-state index is 0.492. The SMILES string of the molecule is Cc1cc(NC=O)cc(-c2nc3ncccc3o2)c1. The van der Waals surface area contributed by atoms with E-state index in [1.54, 1.807) is 12.3 Å². The van der Waals surface area contributed by atoms with Gasteiger partial charge in [-0.3, -0.25) is 4.79 Å². The summed E-state index contributed by atoms with van der Waals surface area (Å²) in [5.74, 6) is 0.492. The molecule has 0 saturated carbocycles. The first-order chi connectivity index (χ1) is 9.26. The zero-order valence-electron chi connectivity index (χ0n) is 10.3. The topological polar surface area (TPSA) is 68.0 Å². The van der Waals surface area contributed by atoms with Crippen LogP contribution in [0.5, 0.6) is 0 Å². The first kappa shape index (κ1) is 11.4. The number of rotatable bonds is 3. The van der Waals surface area contributed by atoms with Crippen LogP contribution in [0.1, 0.15) is 5.56 Å². The van der Waals surface area contributed by atoms with E-state index in [2.05, 4.69) is 15.3 Å². The van der Waals surface area contributed by atoms with Gasteiger partial charge in [-0.1, -0.05) is 0 Å². The van der Waals surface area contributed by atoms with Crippen molar-refractivity contribution < 1.29 is 9.21 Å². The predicted octanol–water partition coefficient (Wildman–Crippen LogP) is 2.77. The van der Waals surface area contributed by atoms with Crippen molar-refractivity contribution in [1.82, 2.24) is 9.97 Å². The van der Waals surface area contributed by atoms with Crippen LogP contribution in [-0.4, -0.2) is 16.4 Å². The molecule has 1 aromatic carbocycles. The lowest BCUT2D eigenvalue weighted by Crippen LogP contribution is -1.94. The maximum atomic E-state index is 10.5. The van der Waals surface area contributed by atoms with Crippen LogP contribution in [0.4, 0.5) is 5.69 Å². The van der Waals surface area contributed by atoms with E-state index >= 15 is 0 Å². The smallest absolute Gasteiger partial charge is 0.228 e. The third-order valence-electron chi connectivity index (χ3n) is 2.71. The summed E-state index contributed by atoms with van der Waals surface area (Å²) in [4.78, 5) is 19.0. The summed E-state index contributed by atoms with van der Waals surface area (Å²) in [5, 5.41) is 2.63. The Hall–Kier alpha value is -2.69. The molecule has 1 amide bonds. The summed E-state index contributed by atoms with van der Waals surface area (Å²) in [6, 6.07) is 9.25. The second kappa shape index (κ2) is 4.53. The van der Waals surface area contributed by atoms with Gasteiger partial charge < -0.3 is 9.73 Å². The molecule has 0 saturated heterocycles. The molecule has 0 aliphatic heterocycles. The second-order valence-electron chi connectivity index (χ2n) is 4.19. The molecule has 94 valence electrons. The zero-order chi connectivity index (χ0) is 13.2. The van der Waals surface area contributed by atoms with E-state index in [4.69, 9.17) is 4.42 Å². The molecular formula is C14H11N3O2. The van der Waals surface area contributed by atoms with Crippen molar-refractivity contribution in [2.45, 2.75) is 6.92 Å². The highest BCUT2D eigenvalue weighted by molar-refractivity contribution is 5.77. The van der Waals surface area contributed by atoms with Gasteiger partial charge in [-0.25, -0.2) is 4.98 Å². The molecule has 0 atom stereocenters. The van der Waals surface area contributed by atoms with Gasteiger partial charge in [-0.2, -0.15) is 4.98 Å². The fraction of sp³-hybridized carbons (Fsp3) is 0.0714. The molecule has 1 N–H and O–H groups in total. The van der Waals surface area contributed by atoms with E-state index in [9.17, 15) is 4.79 Å². The quantitative estimate of drug-likeness (QED) is 0.729. The number of nitrogens with one attached hydrogen (secondary N) is 1. The van der Waals surface area contributed by atoms with Crippen molar-refractivity contribution >= 4 is 23.3 Å². The molecule has 3 aromatic rings. The van der Waals surface area contributed by atoms with Crippen LogP contribution in [0.3, 0.4) is 0 Å². The number of oxazole rings is 1. The van der Waals surface area contributed by atoms with Gasteiger partial charge in [0.15, 0.2) is 11.2 Å². The second-order valence-corrected chi connectivity index (χ2v) is 4.19. The van der Waals surface area contributed by atoms with Crippen molar-refractivity contribution in [3.63, 3.8) is 0 Å². The molecule has 0 unspecified atom stereocenters. The lowest BCUT2D eigenvalue weighted by molar-refractivity contribution is -0.105. The monoisotopic (exact) mass is 253 g/mol. The van der Waals surface area contributed by atoms with E-state index in [0.717, 1.165) is 11.1 Å². The van der Waals surface area contributed by atoms with Crippen LogP contribution in [-0.2, 0) is 4.79 Å². The standard InChI is InChI=1S/C14H11N3O2/c1-9-5-10(7-11(6-9)16-8-18)14-17-13-12(19-14)3-2-4-15-13/h2-8H,1H3,(H,16,18). The largest absolute Gasteiger partial charge is 0.434 e. The number of benzene rings is 1. The van der Waals surface area contributed by atoms with Gasteiger partial charge in [0, 0.05) is 17.4 Å². The number of carbonyl (C=O) groups is 1. The fourth-order valence-electron chi connectivity index (χ4n) is 1.95. The number of nitrogens with zero attached hydrogens (tertiary/aromatic N) is 2.